The molecule has 0 radical (unpaired) electrons. The highest BCUT2D eigenvalue weighted by Crippen LogP contribution is 2.20. The first kappa shape index (κ1) is 15.4. The number of carbonyl (C=O) groups excluding carboxylic acids is 2. The number of carbonyl (C=O) groups is 2. The van der Waals surface area contributed by atoms with E-state index in [1.165, 1.54) is 35.1 Å². The minimum absolute atomic E-state index is 0.0781. The van der Waals surface area contributed by atoms with E-state index in [9.17, 15) is 14.0 Å². The number of amides is 2. The molecule has 3 rings (SSSR count). The van der Waals surface area contributed by atoms with Gasteiger partial charge in [0.1, 0.15) is 17.2 Å². The molecule has 2 aromatic carbocycles. The molecule has 0 unspecified atom stereocenters. The maximum Gasteiger partial charge on any atom is 0.256 e. The first-order chi connectivity index (χ1) is 11.6. The molecule has 6 nitrogen and oxygen atoms in total. The number of hydrogen-bond donors (Lipinski definition) is 2. The molecule has 0 saturated carbocycles. The first-order valence-electron chi connectivity index (χ1n) is 7.06. The molecule has 0 fully saturated rings. The molecule has 3 N–H and O–H groups in total. The van der Waals surface area contributed by atoms with Crippen LogP contribution in [0.1, 0.15) is 20.7 Å². The van der Waals surface area contributed by atoms with E-state index in [1.54, 1.807) is 24.3 Å². The zero-order chi connectivity index (χ0) is 17.1. The third-order valence-corrected chi connectivity index (χ3v) is 3.37. The summed E-state index contributed by atoms with van der Waals surface area (Å²) in [5.74, 6) is -1.51. The van der Waals surface area contributed by atoms with Crippen LogP contribution in [0.15, 0.2) is 60.8 Å². The summed E-state index contributed by atoms with van der Waals surface area (Å²) >= 11 is 0. The van der Waals surface area contributed by atoms with Crippen LogP contribution in [-0.2, 0) is 0 Å². The van der Waals surface area contributed by atoms with E-state index in [0.29, 0.717) is 5.69 Å². The van der Waals surface area contributed by atoms with Crippen molar-refractivity contribution in [1.82, 2.24) is 9.78 Å². The van der Waals surface area contributed by atoms with Gasteiger partial charge < -0.3 is 11.1 Å². The summed E-state index contributed by atoms with van der Waals surface area (Å²) < 4.78 is 14.4. The van der Waals surface area contributed by atoms with Gasteiger partial charge in [0.05, 0.1) is 11.9 Å². The SMILES string of the molecule is NC(=O)c1cnn(-c2ccccc2)c1NC(=O)c1ccc(F)cc1. The van der Waals surface area contributed by atoms with Gasteiger partial charge in [0.25, 0.3) is 11.8 Å². The zero-order valence-corrected chi connectivity index (χ0v) is 12.4. The molecule has 3 aromatic rings. The van der Waals surface area contributed by atoms with E-state index in [1.807, 2.05) is 6.07 Å². The highest BCUT2D eigenvalue weighted by atomic mass is 19.1. The summed E-state index contributed by atoms with van der Waals surface area (Å²) in [5.41, 5.74) is 6.32. The van der Waals surface area contributed by atoms with Crippen LogP contribution in [0, 0.1) is 5.82 Å². The number of anilines is 1. The number of primary amides is 1. The molecule has 0 aliphatic heterocycles. The number of aromatic nitrogens is 2. The quantitative estimate of drug-likeness (QED) is 0.772. The highest BCUT2D eigenvalue weighted by Gasteiger charge is 2.19. The van der Waals surface area contributed by atoms with E-state index >= 15 is 0 Å². The summed E-state index contributed by atoms with van der Waals surface area (Å²) in [4.78, 5) is 24.0. The van der Waals surface area contributed by atoms with E-state index in [0.717, 1.165) is 0 Å². The first-order valence-corrected chi connectivity index (χ1v) is 7.06. The Morgan fingerprint density at radius 2 is 1.71 bits per heavy atom. The van der Waals surface area contributed by atoms with Gasteiger partial charge in [-0.25, -0.2) is 9.07 Å². The monoisotopic (exact) mass is 324 g/mol. The van der Waals surface area contributed by atoms with E-state index in [4.69, 9.17) is 5.73 Å². The lowest BCUT2D eigenvalue weighted by Gasteiger charge is -2.10. The van der Waals surface area contributed by atoms with Crippen LogP contribution in [0.4, 0.5) is 10.2 Å². The normalized spacial score (nSPS) is 10.4. The Bertz CT molecular complexity index is 889. The molecule has 1 aromatic heterocycles. The number of nitrogens with two attached hydrogens (primary N) is 1. The van der Waals surface area contributed by atoms with Crippen molar-refractivity contribution in [2.45, 2.75) is 0 Å². The molecule has 2 amide bonds. The molecule has 0 bridgehead atoms. The fourth-order valence-electron chi connectivity index (χ4n) is 2.19. The lowest BCUT2D eigenvalue weighted by Crippen LogP contribution is -2.19. The largest absolute Gasteiger partial charge is 0.365 e. The van der Waals surface area contributed by atoms with Crippen LogP contribution < -0.4 is 11.1 Å². The average Bonchev–Trinajstić information content (AvgIpc) is 3.00. The molecule has 7 heteroatoms. The maximum absolute atomic E-state index is 13.0. The van der Waals surface area contributed by atoms with Crippen LogP contribution in [-0.4, -0.2) is 21.6 Å². The van der Waals surface area contributed by atoms with E-state index in [-0.39, 0.29) is 16.9 Å². The van der Waals surface area contributed by atoms with Gasteiger partial charge >= 0.3 is 0 Å². The van der Waals surface area contributed by atoms with E-state index in [2.05, 4.69) is 10.4 Å². The Balaban J connectivity index is 1.99. The minimum atomic E-state index is -0.716. The fourth-order valence-corrected chi connectivity index (χ4v) is 2.19. The van der Waals surface area contributed by atoms with Gasteiger partial charge in [-0.15, -0.1) is 0 Å². The van der Waals surface area contributed by atoms with Crippen molar-refractivity contribution in [2.75, 3.05) is 5.32 Å². The number of benzene rings is 2. The predicted octanol–water partition coefficient (Wildman–Crippen LogP) is 2.36. The maximum atomic E-state index is 13.0. The Morgan fingerprint density at radius 3 is 2.33 bits per heavy atom. The molecule has 0 aliphatic rings. The van der Waals surface area contributed by atoms with Gasteiger partial charge in [-0.05, 0) is 36.4 Å². The zero-order valence-electron chi connectivity index (χ0n) is 12.4. The number of para-hydroxylation sites is 1. The number of hydrogen-bond acceptors (Lipinski definition) is 3. The Kier molecular flexibility index (Phi) is 4.07. The smallest absolute Gasteiger partial charge is 0.256 e. The Labute approximate surface area is 136 Å². The Hall–Kier alpha value is -3.48. The van der Waals surface area contributed by atoms with Gasteiger partial charge in [0.2, 0.25) is 0 Å². The van der Waals surface area contributed by atoms with Crippen molar-refractivity contribution in [1.29, 1.82) is 0 Å². The second-order valence-corrected chi connectivity index (χ2v) is 4.98. The van der Waals surface area contributed by atoms with Crippen LogP contribution in [0.25, 0.3) is 5.69 Å². The van der Waals surface area contributed by atoms with Gasteiger partial charge in [0.15, 0.2) is 0 Å². The van der Waals surface area contributed by atoms with Crippen molar-refractivity contribution < 1.29 is 14.0 Å². The summed E-state index contributed by atoms with van der Waals surface area (Å²) in [7, 11) is 0. The average molecular weight is 324 g/mol. The van der Waals surface area contributed by atoms with Crippen LogP contribution >= 0.6 is 0 Å². The minimum Gasteiger partial charge on any atom is -0.365 e. The molecule has 120 valence electrons. The molecule has 1 heterocycles. The van der Waals surface area contributed by atoms with Crippen LogP contribution in [0.2, 0.25) is 0 Å². The summed E-state index contributed by atoms with van der Waals surface area (Å²) in [6.45, 7) is 0. The summed E-state index contributed by atoms with van der Waals surface area (Å²) in [6, 6.07) is 14.0. The second-order valence-electron chi connectivity index (χ2n) is 4.98. The summed E-state index contributed by atoms with van der Waals surface area (Å²) in [6.07, 6.45) is 1.29. The molecule has 0 aliphatic carbocycles. The number of nitrogens with one attached hydrogen (secondary N) is 1. The van der Waals surface area contributed by atoms with Crippen LogP contribution in [0.3, 0.4) is 0 Å². The van der Waals surface area contributed by atoms with Gasteiger partial charge in [-0.3, -0.25) is 9.59 Å². The lowest BCUT2D eigenvalue weighted by atomic mass is 10.2. The van der Waals surface area contributed by atoms with Crippen LogP contribution in [0.5, 0.6) is 0 Å². The number of nitrogens with zero attached hydrogens (tertiary/aromatic N) is 2. The summed E-state index contributed by atoms with van der Waals surface area (Å²) in [5, 5.41) is 6.72. The van der Waals surface area contributed by atoms with E-state index < -0.39 is 17.6 Å². The van der Waals surface area contributed by atoms with Gasteiger partial charge in [-0.2, -0.15) is 5.10 Å². The third-order valence-electron chi connectivity index (χ3n) is 3.37. The van der Waals surface area contributed by atoms with Crippen molar-refractivity contribution >= 4 is 17.6 Å². The van der Waals surface area contributed by atoms with Crippen molar-refractivity contribution in [3.63, 3.8) is 0 Å². The molecular weight excluding hydrogens is 311 g/mol. The molecular formula is C17H13FN4O2. The second kappa shape index (κ2) is 6.33. The standard InChI is InChI=1S/C17H13FN4O2/c18-12-8-6-11(7-9-12)17(24)21-16-14(15(19)23)10-20-22(16)13-4-2-1-3-5-13/h1-10H,(H2,19,23)(H,21,24). The van der Waals surface area contributed by atoms with Gasteiger partial charge in [0, 0.05) is 5.56 Å². The number of rotatable bonds is 4. The van der Waals surface area contributed by atoms with Crippen molar-refractivity contribution in [3.05, 3.63) is 77.7 Å². The third kappa shape index (κ3) is 3.00. The predicted molar refractivity (Wildman–Crippen MR) is 86.4 cm³/mol. The Morgan fingerprint density at radius 1 is 1.04 bits per heavy atom. The highest BCUT2D eigenvalue weighted by molar-refractivity contribution is 6.08. The van der Waals surface area contributed by atoms with Crippen molar-refractivity contribution in [3.8, 4) is 5.69 Å². The van der Waals surface area contributed by atoms with Crippen molar-refractivity contribution in [2.24, 2.45) is 5.73 Å². The molecule has 0 saturated heterocycles. The molecule has 0 atom stereocenters. The fraction of sp³-hybridized carbons (Fsp3) is 0. The van der Waals surface area contributed by atoms with Gasteiger partial charge in [-0.1, -0.05) is 18.2 Å². The molecule has 24 heavy (non-hydrogen) atoms. The number of halogens is 1. The topological polar surface area (TPSA) is 90.0 Å². The molecule has 0 spiro atoms. The lowest BCUT2D eigenvalue weighted by molar-refractivity contribution is 0.100.